The number of hydrogen-bond acceptors (Lipinski definition) is 3. The number of nitrogens with two attached hydrogens (primary N) is 1. The van der Waals surface area contributed by atoms with Crippen LogP contribution in [-0.2, 0) is 0 Å². The lowest BCUT2D eigenvalue weighted by atomic mass is 9.87. The van der Waals surface area contributed by atoms with Crippen molar-refractivity contribution in [1.29, 1.82) is 0 Å². The molecule has 1 aromatic rings. The molecule has 18 heavy (non-hydrogen) atoms. The summed E-state index contributed by atoms with van der Waals surface area (Å²) in [6, 6.07) is 7.67. The summed E-state index contributed by atoms with van der Waals surface area (Å²) in [6.07, 6.45) is -0.177. The van der Waals surface area contributed by atoms with Crippen molar-refractivity contribution in [1.82, 2.24) is 4.90 Å². The van der Waals surface area contributed by atoms with E-state index in [1.807, 2.05) is 24.3 Å². The number of piperidine rings is 1. The fraction of sp³-hybridized carbons (Fsp3) is 0.462. The van der Waals surface area contributed by atoms with Gasteiger partial charge in [-0.1, -0.05) is 12.1 Å². The zero-order chi connectivity index (χ0) is 13.1. The molecule has 1 aromatic carbocycles. The highest BCUT2D eigenvalue weighted by Crippen LogP contribution is 2.27. The number of carbonyl (C=O) groups is 1. The summed E-state index contributed by atoms with van der Waals surface area (Å²) >= 11 is 0. The van der Waals surface area contributed by atoms with Crippen LogP contribution in [0.3, 0.4) is 0 Å². The maximum atomic E-state index is 11.0. The summed E-state index contributed by atoms with van der Waals surface area (Å²) in [5.41, 5.74) is 7.16. The molecule has 2 unspecified atom stereocenters. The number of carboxylic acid groups (broad SMARTS) is 1. The first-order valence-electron chi connectivity index (χ1n) is 5.99. The molecule has 0 bridgehead atoms. The molecule has 1 saturated heterocycles. The van der Waals surface area contributed by atoms with E-state index in [2.05, 4.69) is 0 Å². The lowest BCUT2D eigenvalue weighted by Gasteiger charge is -2.35. The molecule has 0 aliphatic carbocycles. The second kappa shape index (κ2) is 5.27. The SMILES string of the molecule is COc1ccc(C2CN(C(=O)O)CCC2N)cc1. The topological polar surface area (TPSA) is 75.8 Å². The van der Waals surface area contributed by atoms with E-state index in [-0.39, 0.29) is 12.0 Å². The zero-order valence-corrected chi connectivity index (χ0v) is 10.4. The fourth-order valence-electron chi connectivity index (χ4n) is 2.35. The number of benzene rings is 1. The van der Waals surface area contributed by atoms with Crippen LogP contribution in [0.1, 0.15) is 17.9 Å². The van der Waals surface area contributed by atoms with Gasteiger partial charge in [0.05, 0.1) is 7.11 Å². The van der Waals surface area contributed by atoms with Crippen LogP contribution in [0, 0.1) is 0 Å². The number of rotatable bonds is 2. The zero-order valence-electron chi connectivity index (χ0n) is 10.4. The molecule has 1 aliphatic heterocycles. The minimum absolute atomic E-state index is 0.00833. The average molecular weight is 250 g/mol. The molecule has 5 nitrogen and oxygen atoms in total. The highest BCUT2D eigenvalue weighted by Gasteiger charge is 2.30. The van der Waals surface area contributed by atoms with Gasteiger partial charge in [0.2, 0.25) is 0 Å². The van der Waals surface area contributed by atoms with E-state index in [0.29, 0.717) is 19.5 Å². The quantitative estimate of drug-likeness (QED) is 0.833. The van der Waals surface area contributed by atoms with Crippen molar-refractivity contribution in [2.75, 3.05) is 20.2 Å². The van der Waals surface area contributed by atoms with Crippen LogP contribution >= 0.6 is 0 Å². The summed E-state index contributed by atoms with van der Waals surface area (Å²) < 4.78 is 5.11. The van der Waals surface area contributed by atoms with E-state index >= 15 is 0 Å². The molecule has 98 valence electrons. The van der Waals surface area contributed by atoms with E-state index < -0.39 is 6.09 Å². The Morgan fingerprint density at radius 3 is 2.67 bits per heavy atom. The largest absolute Gasteiger partial charge is 0.497 e. The Morgan fingerprint density at radius 1 is 1.44 bits per heavy atom. The Bertz CT molecular complexity index is 419. The molecular weight excluding hydrogens is 232 g/mol. The molecule has 2 rings (SSSR count). The van der Waals surface area contributed by atoms with Gasteiger partial charge < -0.3 is 20.5 Å². The van der Waals surface area contributed by atoms with Crippen molar-refractivity contribution in [3.8, 4) is 5.75 Å². The van der Waals surface area contributed by atoms with Crippen LogP contribution in [-0.4, -0.2) is 42.3 Å². The monoisotopic (exact) mass is 250 g/mol. The van der Waals surface area contributed by atoms with Crippen molar-refractivity contribution < 1.29 is 14.6 Å². The van der Waals surface area contributed by atoms with Gasteiger partial charge in [0.1, 0.15) is 5.75 Å². The van der Waals surface area contributed by atoms with E-state index in [9.17, 15) is 4.79 Å². The van der Waals surface area contributed by atoms with Gasteiger partial charge in [0, 0.05) is 25.0 Å². The third-order valence-corrected chi connectivity index (χ3v) is 3.48. The molecular formula is C13H18N2O3. The molecule has 0 aromatic heterocycles. The van der Waals surface area contributed by atoms with Crippen molar-refractivity contribution in [2.24, 2.45) is 5.73 Å². The van der Waals surface area contributed by atoms with Crippen molar-refractivity contribution in [3.05, 3.63) is 29.8 Å². The summed E-state index contributed by atoms with van der Waals surface area (Å²) in [5, 5.41) is 9.04. The Kier molecular flexibility index (Phi) is 3.72. The first-order chi connectivity index (χ1) is 8.61. The molecule has 2 atom stereocenters. The highest BCUT2D eigenvalue weighted by molar-refractivity contribution is 5.65. The maximum Gasteiger partial charge on any atom is 0.407 e. The van der Waals surface area contributed by atoms with Gasteiger partial charge in [-0.05, 0) is 24.1 Å². The lowest BCUT2D eigenvalue weighted by Crippen LogP contribution is -2.47. The van der Waals surface area contributed by atoms with Crippen LogP contribution in [0.2, 0.25) is 0 Å². The number of ether oxygens (including phenoxy) is 1. The summed E-state index contributed by atoms with van der Waals surface area (Å²) in [7, 11) is 1.62. The van der Waals surface area contributed by atoms with Crippen LogP contribution in [0.4, 0.5) is 4.79 Å². The average Bonchev–Trinajstić information content (AvgIpc) is 2.39. The predicted octanol–water partition coefficient (Wildman–Crippen LogP) is 1.49. The smallest absolute Gasteiger partial charge is 0.407 e. The molecule has 0 spiro atoms. The molecule has 1 heterocycles. The van der Waals surface area contributed by atoms with Crippen LogP contribution in [0.25, 0.3) is 0 Å². The second-order valence-electron chi connectivity index (χ2n) is 4.56. The number of methoxy groups -OCH3 is 1. The van der Waals surface area contributed by atoms with Crippen LogP contribution in [0.15, 0.2) is 24.3 Å². The third kappa shape index (κ3) is 2.56. The van der Waals surface area contributed by atoms with Gasteiger partial charge in [0.15, 0.2) is 0 Å². The van der Waals surface area contributed by atoms with Gasteiger partial charge in [0.25, 0.3) is 0 Å². The van der Waals surface area contributed by atoms with Crippen molar-refractivity contribution in [3.63, 3.8) is 0 Å². The third-order valence-electron chi connectivity index (χ3n) is 3.48. The fourth-order valence-corrected chi connectivity index (χ4v) is 2.35. The predicted molar refractivity (Wildman–Crippen MR) is 67.9 cm³/mol. The normalized spacial score (nSPS) is 23.8. The number of amides is 1. The minimum atomic E-state index is -0.875. The molecule has 0 saturated carbocycles. The van der Waals surface area contributed by atoms with Crippen LogP contribution < -0.4 is 10.5 Å². The van der Waals surface area contributed by atoms with Crippen LogP contribution in [0.5, 0.6) is 5.75 Å². The number of nitrogens with zero attached hydrogens (tertiary/aromatic N) is 1. The molecule has 1 aliphatic rings. The van der Waals surface area contributed by atoms with E-state index in [1.54, 1.807) is 7.11 Å². The summed E-state index contributed by atoms with van der Waals surface area (Å²) in [4.78, 5) is 12.4. The van der Waals surface area contributed by atoms with E-state index in [1.165, 1.54) is 4.90 Å². The van der Waals surface area contributed by atoms with Gasteiger partial charge in [-0.2, -0.15) is 0 Å². The molecule has 3 N–H and O–H groups in total. The Balaban J connectivity index is 2.15. The van der Waals surface area contributed by atoms with Gasteiger partial charge >= 0.3 is 6.09 Å². The minimum Gasteiger partial charge on any atom is -0.497 e. The Hall–Kier alpha value is -1.75. The first kappa shape index (κ1) is 12.7. The van der Waals surface area contributed by atoms with Gasteiger partial charge in [-0.3, -0.25) is 0 Å². The first-order valence-corrected chi connectivity index (χ1v) is 5.99. The van der Waals surface area contributed by atoms with Crippen molar-refractivity contribution >= 4 is 6.09 Å². The molecule has 1 fully saturated rings. The van der Waals surface area contributed by atoms with Gasteiger partial charge in [-0.25, -0.2) is 4.79 Å². The number of hydrogen-bond donors (Lipinski definition) is 2. The van der Waals surface area contributed by atoms with E-state index in [4.69, 9.17) is 15.6 Å². The standard InChI is InChI=1S/C13H18N2O3/c1-18-10-4-2-9(3-5-10)11-8-15(13(16)17)7-6-12(11)14/h2-5,11-12H,6-8,14H2,1H3,(H,16,17). The van der Waals surface area contributed by atoms with Gasteiger partial charge in [-0.15, -0.1) is 0 Å². The maximum absolute atomic E-state index is 11.0. The Labute approximate surface area is 106 Å². The molecule has 5 heteroatoms. The lowest BCUT2D eigenvalue weighted by molar-refractivity contribution is 0.126. The molecule has 1 amide bonds. The summed E-state index contributed by atoms with van der Waals surface area (Å²) in [6.45, 7) is 0.978. The second-order valence-corrected chi connectivity index (χ2v) is 4.56. The Morgan fingerprint density at radius 2 is 2.11 bits per heavy atom. The van der Waals surface area contributed by atoms with E-state index in [0.717, 1.165) is 11.3 Å². The summed E-state index contributed by atoms with van der Waals surface area (Å²) in [5.74, 6) is 0.846. The highest BCUT2D eigenvalue weighted by atomic mass is 16.5. The number of likely N-dealkylation sites (tertiary alicyclic amines) is 1. The molecule has 0 radical (unpaired) electrons. The van der Waals surface area contributed by atoms with Crippen molar-refractivity contribution in [2.45, 2.75) is 18.4 Å².